The summed E-state index contributed by atoms with van der Waals surface area (Å²) in [7, 11) is 0. The van der Waals surface area contributed by atoms with Crippen LogP contribution in [-0.4, -0.2) is 12.1 Å². The van der Waals surface area contributed by atoms with Crippen molar-refractivity contribution >= 4 is 0 Å². The summed E-state index contributed by atoms with van der Waals surface area (Å²) in [4.78, 5) is 0. The predicted molar refractivity (Wildman–Crippen MR) is 55.4 cm³/mol. The van der Waals surface area contributed by atoms with Crippen LogP contribution in [0, 0.1) is 0 Å². The molecule has 0 aromatic carbocycles. The number of nitrogens with zero attached hydrogens (tertiary/aromatic N) is 2. The SMILES string of the molecule is CCC(C)[N-]C=C[N-]C(C)CC.[Li+].[Li+]. The fourth-order valence-electron chi connectivity index (χ4n) is 0.582. The Morgan fingerprint density at radius 3 is 1.36 bits per heavy atom. The van der Waals surface area contributed by atoms with Gasteiger partial charge in [-0.25, -0.2) is 12.4 Å². The van der Waals surface area contributed by atoms with Gasteiger partial charge in [0.15, 0.2) is 0 Å². The van der Waals surface area contributed by atoms with E-state index in [4.69, 9.17) is 0 Å². The molecule has 0 N–H and O–H groups in total. The van der Waals surface area contributed by atoms with Gasteiger partial charge in [-0.05, 0) is 0 Å². The van der Waals surface area contributed by atoms with Gasteiger partial charge in [-0.2, -0.15) is 0 Å². The second-order valence-corrected chi connectivity index (χ2v) is 3.11. The minimum absolute atomic E-state index is 0. The zero-order valence-corrected chi connectivity index (χ0v) is 10.6. The molecule has 0 radical (unpaired) electrons. The molecule has 0 aliphatic carbocycles. The molecule has 14 heavy (non-hydrogen) atoms. The Bertz CT molecular complexity index is 115. The molecular formula is C10H20Li2N2. The van der Waals surface area contributed by atoms with E-state index >= 15 is 0 Å². The van der Waals surface area contributed by atoms with Gasteiger partial charge in [-0.15, -0.1) is 12.1 Å². The van der Waals surface area contributed by atoms with Crippen molar-refractivity contribution in [3.8, 4) is 0 Å². The van der Waals surface area contributed by atoms with Crippen molar-refractivity contribution in [1.82, 2.24) is 0 Å². The van der Waals surface area contributed by atoms with Gasteiger partial charge in [0.25, 0.3) is 0 Å². The van der Waals surface area contributed by atoms with Crippen LogP contribution in [0.2, 0.25) is 0 Å². The Labute approximate surface area is 113 Å². The van der Waals surface area contributed by atoms with Gasteiger partial charge in [0.1, 0.15) is 0 Å². The van der Waals surface area contributed by atoms with Crippen molar-refractivity contribution in [2.24, 2.45) is 0 Å². The predicted octanol–water partition coefficient (Wildman–Crippen LogP) is -2.19. The molecule has 0 saturated heterocycles. The monoisotopic (exact) mass is 182 g/mol. The second-order valence-electron chi connectivity index (χ2n) is 3.11. The van der Waals surface area contributed by atoms with Crippen molar-refractivity contribution in [2.75, 3.05) is 0 Å². The minimum atomic E-state index is 0. The van der Waals surface area contributed by atoms with E-state index in [-0.39, 0.29) is 37.7 Å². The van der Waals surface area contributed by atoms with E-state index in [0.717, 1.165) is 12.8 Å². The summed E-state index contributed by atoms with van der Waals surface area (Å²) in [5, 5.41) is 8.55. The van der Waals surface area contributed by atoms with Crippen molar-refractivity contribution in [2.45, 2.75) is 52.6 Å². The Morgan fingerprint density at radius 2 is 1.14 bits per heavy atom. The van der Waals surface area contributed by atoms with Crippen LogP contribution in [0.5, 0.6) is 0 Å². The van der Waals surface area contributed by atoms with Crippen LogP contribution >= 0.6 is 0 Å². The standard InChI is InChI=1S/C10H20N2.2Li/c1-5-9(3)11-7-8-12-10(4)6-2;;/h7-10H,5-6H2,1-4H3;;/q-2;2*+1. The van der Waals surface area contributed by atoms with E-state index in [2.05, 4.69) is 38.3 Å². The summed E-state index contributed by atoms with van der Waals surface area (Å²) in [5.74, 6) is 0. The molecule has 0 amide bonds. The van der Waals surface area contributed by atoms with Gasteiger partial charge in [-0.1, -0.05) is 40.5 Å². The zero-order chi connectivity index (χ0) is 9.40. The summed E-state index contributed by atoms with van der Waals surface area (Å²) >= 11 is 0. The summed E-state index contributed by atoms with van der Waals surface area (Å²) < 4.78 is 0. The van der Waals surface area contributed by atoms with Gasteiger partial charge in [0.2, 0.25) is 0 Å². The summed E-state index contributed by atoms with van der Waals surface area (Å²) in [6, 6.07) is 0.849. The number of hydrogen-bond acceptors (Lipinski definition) is 0. The first-order valence-electron chi connectivity index (χ1n) is 4.75. The van der Waals surface area contributed by atoms with Crippen LogP contribution in [-0.2, 0) is 0 Å². The van der Waals surface area contributed by atoms with E-state index in [1.165, 1.54) is 0 Å². The quantitative estimate of drug-likeness (QED) is 0.417. The van der Waals surface area contributed by atoms with Crippen molar-refractivity contribution in [1.29, 1.82) is 0 Å². The van der Waals surface area contributed by atoms with E-state index in [1.807, 2.05) is 0 Å². The van der Waals surface area contributed by atoms with Gasteiger partial charge in [0.05, 0.1) is 0 Å². The molecule has 0 spiro atoms. The smallest absolute Gasteiger partial charge is 0.690 e. The number of hydrogen-bond donors (Lipinski definition) is 0. The molecule has 0 aromatic rings. The van der Waals surface area contributed by atoms with Crippen LogP contribution in [0.1, 0.15) is 40.5 Å². The maximum atomic E-state index is 4.27. The Hall–Kier alpha value is 0.535. The first-order chi connectivity index (χ1) is 5.70. The molecule has 0 fully saturated rings. The fourth-order valence-corrected chi connectivity index (χ4v) is 0.582. The second kappa shape index (κ2) is 13.5. The third kappa shape index (κ3) is 12.5. The van der Waals surface area contributed by atoms with E-state index in [0.29, 0.717) is 12.1 Å². The maximum absolute atomic E-state index is 4.27. The van der Waals surface area contributed by atoms with Crippen LogP contribution in [0.25, 0.3) is 10.6 Å². The average Bonchev–Trinajstić information content (AvgIpc) is 2.11. The molecule has 0 saturated carbocycles. The first-order valence-corrected chi connectivity index (χ1v) is 4.75. The van der Waals surface area contributed by atoms with Crippen molar-refractivity contribution < 1.29 is 37.7 Å². The third-order valence-electron chi connectivity index (χ3n) is 1.93. The Kier molecular flexibility index (Phi) is 19.3. The summed E-state index contributed by atoms with van der Waals surface area (Å²) in [6.45, 7) is 8.48. The van der Waals surface area contributed by atoms with Gasteiger partial charge >= 0.3 is 37.7 Å². The summed E-state index contributed by atoms with van der Waals surface area (Å²) in [5.41, 5.74) is 0. The molecule has 0 heterocycles. The van der Waals surface area contributed by atoms with Crippen molar-refractivity contribution in [3.63, 3.8) is 0 Å². The third-order valence-corrected chi connectivity index (χ3v) is 1.93. The molecule has 2 nitrogen and oxygen atoms in total. The molecule has 0 rings (SSSR count). The fraction of sp³-hybridized carbons (Fsp3) is 0.800. The molecule has 2 atom stereocenters. The van der Waals surface area contributed by atoms with E-state index < -0.39 is 0 Å². The van der Waals surface area contributed by atoms with Crippen LogP contribution < -0.4 is 37.7 Å². The molecular weight excluding hydrogens is 162 g/mol. The zero-order valence-electron chi connectivity index (χ0n) is 10.6. The largest absolute Gasteiger partial charge is 1.00 e. The van der Waals surface area contributed by atoms with Crippen molar-refractivity contribution in [3.05, 3.63) is 23.0 Å². The van der Waals surface area contributed by atoms with Gasteiger partial charge in [-0.3, -0.25) is 0 Å². The molecule has 4 heteroatoms. The normalized spacial score (nSPS) is 13.7. The minimum Gasteiger partial charge on any atom is -0.690 e. The molecule has 0 aliphatic heterocycles. The topological polar surface area (TPSA) is 28.2 Å². The van der Waals surface area contributed by atoms with E-state index in [9.17, 15) is 0 Å². The molecule has 72 valence electrons. The van der Waals surface area contributed by atoms with Crippen LogP contribution in [0.3, 0.4) is 0 Å². The van der Waals surface area contributed by atoms with Gasteiger partial charge in [0, 0.05) is 0 Å². The molecule has 0 aromatic heterocycles. The maximum Gasteiger partial charge on any atom is 1.00 e. The Morgan fingerprint density at radius 1 is 0.857 bits per heavy atom. The van der Waals surface area contributed by atoms with Gasteiger partial charge < -0.3 is 10.6 Å². The molecule has 0 bridgehead atoms. The van der Waals surface area contributed by atoms with Crippen LogP contribution in [0.15, 0.2) is 12.4 Å². The number of rotatable bonds is 6. The van der Waals surface area contributed by atoms with Crippen LogP contribution in [0.4, 0.5) is 0 Å². The Balaban J connectivity index is -0.000000605. The molecule has 2 unspecified atom stereocenters. The summed E-state index contributed by atoms with van der Waals surface area (Å²) in [6.07, 6.45) is 5.79. The molecule has 0 aliphatic rings. The van der Waals surface area contributed by atoms with E-state index in [1.54, 1.807) is 12.4 Å². The average molecular weight is 182 g/mol. The first kappa shape index (κ1) is 20.0.